The van der Waals surface area contributed by atoms with Gasteiger partial charge in [-0.15, -0.1) is 0 Å². The van der Waals surface area contributed by atoms with Crippen LogP contribution in [-0.4, -0.2) is 41.3 Å². The van der Waals surface area contributed by atoms with Gasteiger partial charge in [0.05, 0.1) is 30.7 Å². The zero-order valence-electron chi connectivity index (χ0n) is 13.8. The highest BCUT2D eigenvalue weighted by Crippen LogP contribution is 2.17. The van der Waals surface area contributed by atoms with Crippen LogP contribution in [0.5, 0.6) is 0 Å². The van der Waals surface area contributed by atoms with Crippen molar-refractivity contribution in [3.05, 3.63) is 66.0 Å². The Morgan fingerprint density at radius 1 is 1.04 bits per heavy atom. The van der Waals surface area contributed by atoms with Crippen molar-refractivity contribution in [2.24, 2.45) is 0 Å². The number of rotatable bonds is 6. The van der Waals surface area contributed by atoms with E-state index in [1.54, 1.807) is 0 Å². The van der Waals surface area contributed by atoms with Crippen LogP contribution in [0.15, 0.2) is 59.5 Å². The predicted octanol–water partition coefficient (Wildman–Crippen LogP) is 0.760. The van der Waals surface area contributed by atoms with Gasteiger partial charge in [-0.3, -0.25) is 0 Å². The maximum atomic E-state index is 13.1. The summed E-state index contributed by atoms with van der Waals surface area (Å²) >= 11 is 0. The van der Waals surface area contributed by atoms with Crippen LogP contribution in [0.1, 0.15) is 11.6 Å². The van der Waals surface area contributed by atoms with Crippen LogP contribution in [-0.2, 0) is 14.8 Å². The summed E-state index contributed by atoms with van der Waals surface area (Å²) in [6, 6.07) is 14.0. The molecule has 1 fully saturated rings. The van der Waals surface area contributed by atoms with E-state index in [1.165, 1.54) is 17.0 Å². The first-order valence-electron chi connectivity index (χ1n) is 8.29. The Kier molecular flexibility index (Phi) is 5.80. The van der Waals surface area contributed by atoms with Gasteiger partial charge in [0.15, 0.2) is 0 Å². The summed E-state index contributed by atoms with van der Waals surface area (Å²) < 4.78 is 46.6. The third-order valence-electron chi connectivity index (χ3n) is 4.32. The molecule has 0 bridgehead atoms. The molecule has 3 rings (SSSR count). The van der Waals surface area contributed by atoms with E-state index in [0.717, 1.165) is 30.8 Å². The van der Waals surface area contributed by atoms with E-state index in [1.807, 2.05) is 30.3 Å². The lowest BCUT2D eigenvalue weighted by molar-refractivity contribution is -0.909. The largest absolute Gasteiger partial charge is 0.370 e. The molecule has 25 heavy (non-hydrogen) atoms. The minimum Gasteiger partial charge on any atom is -0.370 e. The highest BCUT2D eigenvalue weighted by atomic mass is 32.2. The van der Waals surface area contributed by atoms with Crippen LogP contribution in [0.3, 0.4) is 0 Å². The fourth-order valence-electron chi connectivity index (χ4n) is 2.93. The second-order valence-corrected chi connectivity index (χ2v) is 7.82. The molecule has 1 atom stereocenters. The monoisotopic (exact) mass is 365 g/mol. The van der Waals surface area contributed by atoms with Gasteiger partial charge in [-0.1, -0.05) is 30.3 Å². The van der Waals surface area contributed by atoms with E-state index in [2.05, 4.69) is 4.72 Å². The molecule has 0 unspecified atom stereocenters. The highest BCUT2D eigenvalue weighted by Gasteiger charge is 2.26. The first-order valence-corrected chi connectivity index (χ1v) is 9.77. The molecule has 0 spiro atoms. The number of hydrogen-bond acceptors (Lipinski definition) is 3. The molecule has 1 heterocycles. The number of nitrogens with one attached hydrogen (secondary N) is 2. The molecule has 134 valence electrons. The number of sulfonamides is 1. The number of halogens is 1. The smallest absolute Gasteiger partial charge is 0.241 e. The molecule has 1 aliphatic rings. The minimum atomic E-state index is -3.74. The summed E-state index contributed by atoms with van der Waals surface area (Å²) in [7, 11) is -3.74. The molecule has 0 aliphatic carbocycles. The number of hydrogen-bond donors (Lipinski definition) is 2. The summed E-state index contributed by atoms with van der Waals surface area (Å²) in [5, 5.41) is 0. The first-order chi connectivity index (χ1) is 12.0. The lowest BCUT2D eigenvalue weighted by Gasteiger charge is -2.28. The Labute approximate surface area is 147 Å². The van der Waals surface area contributed by atoms with Crippen LogP contribution >= 0.6 is 0 Å². The van der Waals surface area contributed by atoms with Crippen molar-refractivity contribution in [1.29, 1.82) is 0 Å². The highest BCUT2D eigenvalue weighted by molar-refractivity contribution is 7.89. The summed E-state index contributed by atoms with van der Waals surface area (Å²) in [6.07, 6.45) is 0. The number of benzene rings is 2. The van der Waals surface area contributed by atoms with Gasteiger partial charge in [0.2, 0.25) is 10.0 Å². The van der Waals surface area contributed by atoms with Crippen LogP contribution in [0.4, 0.5) is 4.39 Å². The molecule has 0 radical (unpaired) electrons. The van der Waals surface area contributed by atoms with E-state index in [-0.39, 0.29) is 10.9 Å². The Morgan fingerprint density at radius 2 is 1.68 bits per heavy atom. The third kappa shape index (κ3) is 4.85. The van der Waals surface area contributed by atoms with Crippen molar-refractivity contribution in [2.45, 2.75) is 10.9 Å². The zero-order chi connectivity index (χ0) is 17.7. The van der Waals surface area contributed by atoms with Gasteiger partial charge in [0.1, 0.15) is 18.9 Å². The Balaban J connectivity index is 1.82. The van der Waals surface area contributed by atoms with Crippen LogP contribution in [0.2, 0.25) is 0 Å². The van der Waals surface area contributed by atoms with Crippen LogP contribution in [0, 0.1) is 5.82 Å². The number of morpholine rings is 1. The molecule has 2 N–H and O–H groups in total. The predicted molar refractivity (Wildman–Crippen MR) is 92.3 cm³/mol. The Bertz CT molecular complexity index is 776. The Hall–Kier alpha value is -1.80. The zero-order valence-corrected chi connectivity index (χ0v) is 14.6. The molecule has 1 aliphatic heterocycles. The van der Waals surface area contributed by atoms with Gasteiger partial charge in [0.25, 0.3) is 0 Å². The number of ether oxygens (including phenoxy) is 1. The second-order valence-electron chi connectivity index (χ2n) is 6.10. The third-order valence-corrected chi connectivity index (χ3v) is 5.80. The van der Waals surface area contributed by atoms with Gasteiger partial charge >= 0.3 is 0 Å². The van der Waals surface area contributed by atoms with Crippen molar-refractivity contribution in [3.63, 3.8) is 0 Å². The summed E-state index contributed by atoms with van der Waals surface area (Å²) in [6.45, 7) is 3.69. The van der Waals surface area contributed by atoms with Gasteiger partial charge in [-0.25, -0.2) is 12.8 Å². The van der Waals surface area contributed by atoms with Gasteiger partial charge in [-0.2, -0.15) is 4.72 Å². The lowest BCUT2D eigenvalue weighted by atomic mass is 10.1. The first kappa shape index (κ1) is 18.0. The summed E-state index contributed by atoms with van der Waals surface area (Å²) in [4.78, 5) is 1.36. The van der Waals surface area contributed by atoms with Crippen LogP contribution < -0.4 is 9.62 Å². The van der Waals surface area contributed by atoms with E-state index in [9.17, 15) is 12.8 Å². The van der Waals surface area contributed by atoms with Gasteiger partial charge in [-0.05, 0) is 29.8 Å². The topological polar surface area (TPSA) is 59.8 Å². The average Bonchev–Trinajstić information content (AvgIpc) is 2.63. The molecule has 2 aromatic rings. The molecular weight excluding hydrogens is 343 g/mol. The molecule has 2 aromatic carbocycles. The molecular formula is C18H22FN2O3S+. The molecule has 0 amide bonds. The maximum absolute atomic E-state index is 13.1. The molecule has 7 heteroatoms. The van der Waals surface area contributed by atoms with Gasteiger partial charge in [0, 0.05) is 0 Å². The van der Waals surface area contributed by atoms with E-state index in [0.29, 0.717) is 19.8 Å². The van der Waals surface area contributed by atoms with Crippen molar-refractivity contribution < 1.29 is 22.4 Å². The maximum Gasteiger partial charge on any atom is 0.241 e. The summed E-state index contributed by atoms with van der Waals surface area (Å²) in [5.74, 6) is -0.462. The Morgan fingerprint density at radius 3 is 2.32 bits per heavy atom. The molecule has 1 saturated heterocycles. The van der Waals surface area contributed by atoms with Gasteiger partial charge < -0.3 is 9.64 Å². The normalized spacial score (nSPS) is 17.3. The number of quaternary nitrogens is 1. The van der Waals surface area contributed by atoms with Crippen molar-refractivity contribution >= 4 is 10.0 Å². The molecule has 5 nitrogen and oxygen atoms in total. The van der Waals surface area contributed by atoms with Crippen LogP contribution in [0.25, 0.3) is 0 Å². The van der Waals surface area contributed by atoms with E-state index < -0.39 is 15.8 Å². The molecule has 0 aromatic heterocycles. The van der Waals surface area contributed by atoms with Crippen molar-refractivity contribution in [3.8, 4) is 0 Å². The standard InChI is InChI=1S/C18H21FN2O3S/c19-16-6-8-17(9-7-16)25(22,23)20-18(15-4-2-1-3-5-15)14-21-10-12-24-13-11-21/h1-9,18,20H,10-14H2/p+1/t18-/m0/s1. The second kappa shape index (κ2) is 8.05. The lowest BCUT2D eigenvalue weighted by Crippen LogP contribution is -3.14. The fraction of sp³-hybridized carbons (Fsp3) is 0.333. The summed E-state index contributed by atoms with van der Waals surface area (Å²) in [5.41, 5.74) is 0.909. The fourth-order valence-corrected chi connectivity index (χ4v) is 4.16. The van der Waals surface area contributed by atoms with E-state index >= 15 is 0 Å². The quantitative estimate of drug-likeness (QED) is 0.795. The average molecular weight is 365 g/mol. The van der Waals surface area contributed by atoms with E-state index in [4.69, 9.17) is 4.74 Å². The molecule has 0 saturated carbocycles. The van der Waals surface area contributed by atoms with Crippen molar-refractivity contribution in [1.82, 2.24) is 4.72 Å². The SMILES string of the molecule is O=S(=O)(N[C@@H](C[NH+]1CCOCC1)c1ccccc1)c1ccc(F)cc1. The minimum absolute atomic E-state index is 0.0619. The van der Waals surface area contributed by atoms with Crippen molar-refractivity contribution in [2.75, 3.05) is 32.8 Å².